The summed E-state index contributed by atoms with van der Waals surface area (Å²) in [7, 11) is 1.83. The summed E-state index contributed by atoms with van der Waals surface area (Å²) in [6, 6.07) is 11.5. The number of aromatic nitrogens is 1. The van der Waals surface area contributed by atoms with Crippen molar-refractivity contribution in [1.29, 1.82) is 0 Å². The van der Waals surface area contributed by atoms with Crippen LogP contribution in [0.3, 0.4) is 0 Å². The molecule has 4 nitrogen and oxygen atoms in total. The van der Waals surface area contributed by atoms with Crippen LogP contribution < -0.4 is 5.73 Å². The highest BCUT2D eigenvalue weighted by Crippen LogP contribution is 2.26. The molecule has 0 saturated heterocycles. The SMILES string of the molecule is CC(c1cccs1)N(C)C(=O)c1cc2cc(N)ccc2[nH]1. The van der Waals surface area contributed by atoms with Crippen LogP contribution >= 0.6 is 11.3 Å². The van der Waals surface area contributed by atoms with Gasteiger partial charge < -0.3 is 15.6 Å². The Morgan fingerprint density at radius 3 is 2.86 bits per heavy atom. The molecule has 2 heterocycles. The Morgan fingerprint density at radius 1 is 1.33 bits per heavy atom. The normalized spacial score (nSPS) is 12.5. The second kappa shape index (κ2) is 5.26. The maximum absolute atomic E-state index is 12.6. The zero-order valence-electron chi connectivity index (χ0n) is 12.0. The fourth-order valence-corrected chi connectivity index (χ4v) is 3.18. The van der Waals surface area contributed by atoms with Gasteiger partial charge in [0.05, 0.1) is 6.04 Å². The van der Waals surface area contributed by atoms with E-state index in [-0.39, 0.29) is 11.9 Å². The number of hydrogen-bond acceptors (Lipinski definition) is 3. The summed E-state index contributed by atoms with van der Waals surface area (Å²) in [5.74, 6) is -0.0225. The van der Waals surface area contributed by atoms with Crippen LogP contribution in [0, 0.1) is 0 Å². The van der Waals surface area contributed by atoms with Crippen LogP contribution in [-0.4, -0.2) is 22.8 Å². The van der Waals surface area contributed by atoms with E-state index in [1.165, 1.54) is 4.88 Å². The first kappa shape index (κ1) is 13.7. The molecule has 3 aromatic rings. The van der Waals surface area contributed by atoms with Gasteiger partial charge in [0.2, 0.25) is 0 Å². The number of amides is 1. The topological polar surface area (TPSA) is 62.1 Å². The van der Waals surface area contributed by atoms with Gasteiger partial charge in [-0.3, -0.25) is 4.79 Å². The number of anilines is 1. The van der Waals surface area contributed by atoms with Crippen LogP contribution in [0.1, 0.15) is 28.3 Å². The number of carbonyl (C=O) groups is 1. The Balaban J connectivity index is 1.89. The molecule has 1 amide bonds. The molecule has 0 aliphatic rings. The largest absolute Gasteiger partial charge is 0.399 e. The Hall–Kier alpha value is -2.27. The lowest BCUT2D eigenvalue weighted by molar-refractivity contribution is 0.0740. The number of fused-ring (bicyclic) bond motifs is 1. The third-order valence-electron chi connectivity index (χ3n) is 3.73. The molecule has 3 rings (SSSR count). The first-order valence-electron chi connectivity index (χ1n) is 6.75. The lowest BCUT2D eigenvalue weighted by Crippen LogP contribution is -2.29. The van der Waals surface area contributed by atoms with Gasteiger partial charge in [-0.2, -0.15) is 0 Å². The lowest BCUT2D eigenvalue weighted by Gasteiger charge is -2.23. The van der Waals surface area contributed by atoms with E-state index in [0.29, 0.717) is 11.4 Å². The maximum atomic E-state index is 12.6. The molecule has 0 aliphatic heterocycles. The summed E-state index contributed by atoms with van der Waals surface area (Å²) >= 11 is 1.66. The van der Waals surface area contributed by atoms with E-state index >= 15 is 0 Å². The molecule has 0 aliphatic carbocycles. The minimum Gasteiger partial charge on any atom is -0.399 e. The number of nitrogens with two attached hydrogens (primary N) is 1. The zero-order valence-corrected chi connectivity index (χ0v) is 12.8. The minimum atomic E-state index is -0.0225. The van der Waals surface area contributed by atoms with Crippen molar-refractivity contribution in [1.82, 2.24) is 9.88 Å². The number of carbonyl (C=O) groups excluding carboxylic acids is 1. The van der Waals surface area contributed by atoms with Crippen LogP contribution in [-0.2, 0) is 0 Å². The van der Waals surface area contributed by atoms with Crippen LogP contribution in [0.4, 0.5) is 5.69 Å². The molecular weight excluding hydrogens is 282 g/mol. The molecule has 0 saturated carbocycles. The Kier molecular flexibility index (Phi) is 3.43. The number of nitrogens with one attached hydrogen (secondary N) is 1. The molecule has 2 aromatic heterocycles. The molecule has 1 atom stereocenters. The minimum absolute atomic E-state index is 0.0225. The molecule has 0 bridgehead atoms. The van der Waals surface area contributed by atoms with E-state index in [4.69, 9.17) is 5.73 Å². The average Bonchev–Trinajstić information content (AvgIpc) is 3.13. The van der Waals surface area contributed by atoms with Gasteiger partial charge >= 0.3 is 0 Å². The average molecular weight is 299 g/mol. The molecule has 0 spiro atoms. The predicted octanol–water partition coefficient (Wildman–Crippen LogP) is 3.64. The van der Waals surface area contributed by atoms with E-state index in [2.05, 4.69) is 4.98 Å². The van der Waals surface area contributed by atoms with Crippen LogP contribution in [0.15, 0.2) is 41.8 Å². The van der Waals surface area contributed by atoms with Gasteiger partial charge in [-0.1, -0.05) is 6.07 Å². The van der Waals surface area contributed by atoms with Gasteiger partial charge in [0, 0.05) is 28.5 Å². The van der Waals surface area contributed by atoms with Gasteiger partial charge in [0.15, 0.2) is 0 Å². The number of aromatic amines is 1. The molecular formula is C16H17N3OS. The van der Waals surface area contributed by atoms with E-state index in [0.717, 1.165) is 10.9 Å². The number of H-pyrrole nitrogens is 1. The molecule has 3 N–H and O–H groups in total. The molecule has 108 valence electrons. The van der Waals surface area contributed by atoms with Gasteiger partial charge in [-0.05, 0) is 42.6 Å². The van der Waals surface area contributed by atoms with Crippen LogP contribution in [0.2, 0.25) is 0 Å². The predicted molar refractivity (Wildman–Crippen MR) is 87.5 cm³/mol. The van der Waals surface area contributed by atoms with Crippen molar-refractivity contribution in [3.8, 4) is 0 Å². The highest BCUT2D eigenvalue weighted by atomic mass is 32.1. The van der Waals surface area contributed by atoms with Gasteiger partial charge in [-0.25, -0.2) is 0 Å². The molecule has 5 heteroatoms. The summed E-state index contributed by atoms with van der Waals surface area (Å²) < 4.78 is 0. The van der Waals surface area contributed by atoms with Crippen molar-refractivity contribution in [2.24, 2.45) is 0 Å². The fourth-order valence-electron chi connectivity index (χ4n) is 2.35. The van der Waals surface area contributed by atoms with Crippen molar-refractivity contribution in [2.45, 2.75) is 13.0 Å². The van der Waals surface area contributed by atoms with Gasteiger partial charge in [0.1, 0.15) is 5.69 Å². The summed E-state index contributed by atoms with van der Waals surface area (Å²) in [6.07, 6.45) is 0. The summed E-state index contributed by atoms with van der Waals surface area (Å²) in [5.41, 5.74) is 7.97. The number of benzene rings is 1. The quantitative estimate of drug-likeness (QED) is 0.725. The van der Waals surface area contributed by atoms with Crippen molar-refractivity contribution >= 4 is 33.8 Å². The van der Waals surface area contributed by atoms with Crippen molar-refractivity contribution in [2.75, 3.05) is 12.8 Å². The number of rotatable bonds is 3. The second-order valence-corrected chi connectivity index (χ2v) is 6.12. The van der Waals surface area contributed by atoms with Gasteiger partial charge in [-0.15, -0.1) is 11.3 Å². The van der Waals surface area contributed by atoms with Crippen molar-refractivity contribution < 1.29 is 4.79 Å². The molecule has 21 heavy (non-hydrogen) atoms. The van der Waals surface area contributed by atoms with E-state index in [1.54, 1.807) is 16.2 Å². The van der Waals surface area contributed by atoms with E-state index in [1.807, 2.05) is 55.7 Å². The highest BCUT2D eigenvalue weighted by molar-refractivity contribution is 7.10. The molecule has 0 fully saturated rings. The lowest BCUT2D eigenvalue weighted by atomic mass is 10.2. The number of thiophene rings is 1. The molecule has 0 radical (unpaired) electrons. The first-order chi connectivity index (χ1) is 10.1. The number of nitrogen functional groups attached to an aromatic ring is 1. The molecule has 1 unspecified atom stereocenters. The summed E-state index contributed by atoms with van der Waals surface area (Å²) in [4.78, 5) is 18.7. The zero-order chi connectivity index (χ0) is 15.0. The third kappa shape index (κ3) is 2.52. The standard InChI is InChI=1S/C16H17N3OS/c1-10(15-4-3-7-21-15)19(2)16(20)14-9-11-8-12(17)5-6-13(11)18-14/h3-10,18H,17H2,1-2H3. The number of nitrogens with zero attached hydrogens (tertiary/aromatic N) is 1. The second-order valence-electron chi connectivity index (χ2n) is 5.14. The van der Waals surface area contributed by atoms with E-state index in [9.17, 15) is 4.79 Å². The number of hydrogen-bond donors (Lipinski definition) is 2. The third-order valence-corrected chi connectivity index (χ3v) is 4.77. The first-order valence-corrected chi connectivity index (χ1v) is 7.63. The highest BCUT2D eigenvalue weighted by Gasteiger charge is 2.21. The maximum Gasteiger partial charge on any atom is 0.270 e. The summed E-state index contributed by atoms with van der Waals surface area (Å²) in [5, 5.41) is 2.98. The monoisotopic (exact) mass is 299 g/mol. The fraction of sp³-hybridized carbons (Fsp3) is 0.188. The summed E-state index contributed by atoms with van der Waals surface area (Å²) in [6.45, 7) is 2.03. The smallest absolute Gasteiger partial charge is 0.270 e. The van der Waals surface area contributed by atoms with Crippen molar-refractivity contribution in [3.63, 3.8) is 0 Å². The van der Waals surface area contributed by atoms with Crippen LogP contribution in [0.5, 0.6) is 0 Å². The van der Waals surface area contributed by atoms with Gasteiger partial charge in [0.25, 0.3) is 5.91 Å². The Labute approximate surface area is 127 Å². The molecule has 1 aromatic carbocycles. The van der Waals surface area contributed by atoms with Crippen LogP contribution in [0.25, 0.3) is 10.9 Å². The Bertz CT molecular complexity index is 776. The van der Waals surface area contributed by atoms with E-state index < -0.39 is 0 Å². The van der Waals surface area contributed by atoms with Crippen molar-refractivity contribution in [3.05, 3.63) is 52.3 Å². The Morgan fingerprint density at radius 2 is 2.14 bits per heavy atom.